The molecule has 3 rings (SSSR count). The van der Waals surface area contributed by atoms with Gasteiger partial charge in [-0.3, -0.25) is 0 Å². The highest BCUT2D eigenvalue weighted by Crippen LogP contribution is 2.37. The summed E-state index contributed by atoms with van der Waals surface area (Å²) in [6, 6.07) is 13.2. The van der Waals surface area contributed by atoms with Crippen LogP contribution in [-0.4, -0.2) is 5.11 Å². The van der Waals surface area contributed by atoms with Gasteiger partial charge in [0.05, 0.1) is 6.61 Å². The summed E-state index contributed by atoms with van der Waals surface area (Å²) < 4.78 is 11.6. The Balaban J connectivity index is 2.19. The van der Waals surface area contributed by atoms with E-state index in [0.29, 0.717) is 5.02 Å². The molecule has 0 aliphatic carbocycles. The van der Waals surface area contributed by atoms with Crippen LogP contribution in [0.4, 0.5) is 0 Å². The van der Waals surface area contributed by atoms with Crippen molar-refractivity contribution in [3.05, 3.63) is 81.7 Å². The predicted octanol–water partition coefficient (Wildman–Crippen LogP) is 4.82. The molecule has 0 radical (unpaired) electrons. The number of benzene rings is 1. The molecule has 0 spiro atoms. The van der Waals surface area contributed by atoms with Crippen LogP contribution in [-0.2, 0) is 6.61 Å². The third kappa shape index (κ3) is 2.82. The van der Waals surface area contributed by atoms with Gasteiger partial charge in [0, 0.05) is 5.02 Å². The maximum absolute atomic E-state index is 9.66. The molecule has 0 bridgehead atoms. The van der Waals surface area contributed by atoms with Crippen LogP contribution < -0.4 is 0 Å². The van der Waals surface area contributed by atoms with Crippen LogP contribution >= 0.6 is 11.6 Å². The van der Waals surface area contributed by atoms with Gasteiger partial charge in [0.2, 0.25) is 0 Å². The van der Waals surface area contributed by atoms with Crippen molar-refractivity contribution in [2.24, 2.45) is 0 Å². The van der Waals surface area contributed by atoms with Crippen LogP contribution in [0.1, 0.15) is 40.1 Å². The third-order valence-corrected chi connectivity index (χ3v) is 3.92. The first kappa shape index (κ1) is 14.9. The van der Waals surface area contributed by atoms with E-state index in [1.54, 1.807) is 6.07 Å². The minimum Gasteiger partial charge on any atom is -0.465 e. The Bertz CT molecular complexity index is 745. The summed E-state index contributed by atoms with van der Waals surface area (Å²) in [5.41, 5.74) is 1.69. The lowest BCUT2D eigenvalue weighted by Gasteiger charge is -2.17. The quantitative estimate of drug-likeness (QED) is 0.751. The Morgan fingerprint density at radius 1 is 0.955 bits per heavy atom. The lowest BCUT2D eigenvalue weighted by molar-refractivity contribution is 0.280. The first-order valence-electron chi connectivity index (χ1n) is 7.10. The molecule has 0 atom stereocenters. The van der Waals surface area contributed by atoms with E-state index in [4.69, 9.17) is 20.4 Å². The smallest absolute Gasteiger partial charge is 0.119 e. The summed E-state index contributed by atoms with van der Waals surface area (Å²) >= 11 is 6.16. The molecule has 0 saturated carbocycles. The second kappa shape index (κ2) is 6.03. The van der Waals surface area contributed by atoms with Crippen LogP contribution in [0.25, 0.3) is 0 Å². The zero-order valence-corrected chi connectivity index (χ0v) is 13.2. The number of hydrogen-bond acceptors (Lipinski definition) is 3. The Morgan fingerprint density at radius 2 is 1.55 bits per heavy atom. The van der Waals surface area contributed by atoms with Gasteiger partial charge >= 0.3 is 0 Å². The molecule has 1 aromatic carbocycles. The predicted molar refractivity (Wildman–Crippen MR) is 85.2 cm³/mol. The molecule has 22 heavy (non-hydrogen) atoms. The van der Waals surface area contributed by atoms with Gasteiger partial charge in [0.15, 0.2) is 0 Å². The van der Waals surface area contributed by atoms with Crippen LogP contribution in [0.3, 0.4) is 0 Å². The van der Waals surface area contributed by atoms with E-state index >= 15 is 0 Å². The molecule has 0 amide bonds. The molecule has 3 aromatic rings. The lowest BCUT2D eigenvalue weighted by Crippen LogP contribution is -2.05. The molecule has 0 unspecified atom stereocenters. The summed E-state index contributed by atoms with van der Waals surface area (Å²) in [5, 5.41) is 10.3. The van der Waals surface area contributed by atoms with Gasteiger partial charge in [-0.1, -0.05) is 17.7 Å². The SMILES string of the molecule is Cc1ccc(C(c2ccc(C)o2)c2cc(Cl)ccc2CO)o1. The monoisotopic (exact) mass is 316 g/mol. The Morgan fingerprint density at radius 3 is 2.00 bits per heavy atom. The number of furan rings is 2. The number of hydrogen-bond donors (Lipinski definition) is 1. The topological polar surface area (TPSA) is 46.5 Å². The molecular weight excluding hydrogens is 300 g/mol. The highest BCUT2D eigenvalue weighted by Gasteiger charge is 2.25. The van der Waals surface area contributed by atoms with E-state index in [-0.39, 0.29) is 12.5 Å². The molecular formula is C18H17ClO3. The minimum atomic E-state index is -0.233. The van der Waals surface area contributed by atoms with E-state index in [1.807, 2.05) is 50.2 Å². The number of rotatable bonds is 4. The fourth-order valence-electron chi connectivity index (χ4n) is 2.64. The molecule has 0 aliphatic rings. The first-order chi connectivity index (χ1) is 10.6. The maximum atomic E-state index is 9.66. The Hall–Kier alpha value is -1.97. The minimum absolute atomic E-state index is 0.0671. The average Bonchev–Trinajstić information content (AvgIpc) is 3.09. The molecule has 4 heteroatoms. The van der Waals surface area contributed by atoms with Crippen molar-refractivity contribution < 1.29 is 13.9 Å². The lowest BCUT2D eigenvalue weighted by atomic mass is 9.90. The maximum Gasteiger partial charge on any atom is 0.119 e. The van der Waals surface area contributed by atoms with Gasteiger partial charge in [-0.15, -0.1) is 0 Å². The zero-order chi connectivity index (χ0) is 15.7. The normalized spacial score (nSPS) is 11.3. The number of halogens is 1. The zero-order valence-electron chi connectivity index (χ0n) is 12.5. The fraction of sp³-hybridized carbons (Fsp3) is 0.222. The van der Waals surface area contributed by atoms with Crippen molar-refractivity contribution in [1.29, 1.82) is 0 Å². The van der Waals surface area contributed by atoms with E-state index in [0.717, 1.165) is 34.2 Å². The molecule has 0 fully saturated rings. The van der Waals surface area contributed by atoms with E-state index in [9.17, 15) is 5.11 Å². The molecule has 0 saturated heterocycles. The second-order valence-corrected chi connectivity index (χ2v) is 5.77. The van der Waals surface area contributed by atoms with Crippen LogP contribution in [0, 0.1) is 13.8 Å². The summed E-state index contributed by atoms with van der Waals surface area (Å²) in [6.45, 7) is 3.74. The van der Waals surface area contributed by atoms with E-state index < -0.39 is 0 Å². The first-order valence-corrected chi connectivity index (χ1v) is 7.48. The Kier molecular flexibility index (Phi) is 4.10. The van der Waals surface area contributed by atoms with Crippen molar-refractivity contribution in [2.45, 2.75) is 26.4 Å². The molecule has 2 heterocycles. The summed E-state index contributed by atoms with van der Waals surface area (Å²) in [5.74, 6) is 2.96. The van der Waals surface area contributed by atoms with Gasteiger partial charge < -0.3 is 13.9 Å². The molecule has 3 nitrogen and oxygen atoms in total. The Labute approximate surface area is 134 Å². The van der Waals surface area contributed by atoms with Gasteiger partial charge in [0.25, 0.3) is 0 Å². The second-order valence-electron chi connectivity index (χ2n) is 5.33. The third-order valence-electron chi connectivity index (χ3n) is 3.68. The van der Waals surface area contributed by atoms with Crippen LogP contribution in [0.2, 0.25) is 5.02 Å². The number of aryl methyl sites for hydroxylation is 2. The van der Waals surface area contributed by atoms with Crippen molar-refractivity contribution in [2.75, 3.05) is 0 Å². The highest BCUT2D eigenvalue weighted by atomic mass is 35.5. The number of aliphatic hydroxyl groups excluding tert-OH is 1. The van der Waals surface area contributed by atoms with Crippen LogP contribution in [0.5, 0.6) is 0 Å². The number of aliphatic hydroxyl groups is 1. The van der Waals surface area contributed by atoms with Gasteiger partial charge in [-0.2, -0.15) is 0 Å². The molecule has 0 aliphatic heterocycles. The summed E-state index contributed by atoms with van der Waals surface area (Å²) in [7, 11) is 0. The summed E-state index contributed by atoms with van der Waals surface area (Å²) in [4.78, 5) is 0. The highest BCUT2D eigenvalue weighted by molar-refractivity contribution is 6.30. The van der Waals surface area contributed by atoms with Crippen molar-refractivity contribution >= 4 is 11.6 Å². The van der Waals surface area contributed by atoms with Crippen molar-refractivity contribution in [1.82, 2.24) is 0 Å². The molecule has 2 aromatic heterocycles. The largest absolute Gasteiger partial charge is 0.465 e. The molecule has 1 N–H and O–H groups in total. The van der Waals surface area contributed by atoms with Gasteiger partial charge in [-0.05, 0) is 61.4 Å². The average molecular weight is 317 g/mol. The standard InChI is InChI=1S/C18H17ClO3/c1-11-3-7-16(21-11)18(17-8-4-12(2)22-17)15-9-14(19)6-5-13(15)10-20/h3-9,18,20H,10H2,1-2H3. The van der Waals surface area contributed by atoms with Gasteiger partial charge in [0.1, 0.15) is 29.0 Å². The van der Waals surface area contributed by atoms with Crippen molar-refractivity contribution in [3.8, 4) is 0 Å². The van der Waals surface area contributed by atoms with Gasteiger partial charge in [-0.25, -0.2) is 0 Å². The molecule has 114 valence electrons. The fourth-order valence-corrected chi connectivity index (χ4v) is 2.82. The van der Waals surface area contributed by atoms with E-state index in [2.05, 4.69) is 0 Å². The van der Waals surface area contributed by atoms with E-state index in [1.165, 1.54) is 0 Å². The summed E-state index contributed by atoms with van der Waals surface area (Å²) in [6.07, 6.45) is 0. The van der Waals surface area contributed by atoms with Crippen LogP contribution in [0.15, 0.2) is 51.3 Å². The van der Waals surface area contributed by atoms with Crippen molar-refractivity contribution in [3.63, 3.8) is 0 Å².